The number of carbonyl (C=O) groups excluding carboxylic acids is 1. The SMILES string of the molecule is CN(C)C(=O)CCNCc1ccc[nH]1. The molecule has 0 aromatic carbocycles. The zero-order chi connectivity index (χ0) is 10.4. The number of hydrogen-bond acceptors (Lipinski definition) is 2. The second kappa shape index (κ2) is 5.44. The minimum absolute atomic E-state index is 0.156. The van der Waals surface area contributed by atoms with Crippen LogP contribution in [0.15, 0.2) is 18.3 Å². The first-order chi connectivity index (χ1) is 6.70. The second-order valence-electron chi connectivity index (χ2n) is 3.41. The van der Waals surface area contributed by atoms with E-state index in [1.807, 2.05) is 18.3 Å². The Morgan fingerprint density at radius 3 is 2.93 bits per heavy atom. The fourth-order valence-electron chi connectivity index (χ4n) is 1.12. The molecule has 1 aromatic heterocycles. The molecular formula is C10H17N3O. The minimum atomic E-state index is 0.156. The van der Waals surface area contributed by atoms with Crippen LogP contribution in [0.1, 0.15) is 12.1 Å². The number of aromatic nitrogens is 1. The third kappa shape index (κ3) is 3.62. The molecule has 1 heterocycles. The Balaban J connectivity index is 2.08. The van der Waals surface area contributed by atoms with Gasteiger partial charge in [-0.05, 0) is 12.1 Å². The predicted octanol–water partition coefficient (Wildman–Crippen LogP) is 0.583. The van der Waals surface area contributed by atoms with Gasteiger partial charge in [0.15, 0.2) is 0 Å². The first-order valence-corrected chi connectivity index (χ1v) is 4.73. The summed E-state index contributed by atoms with van der Waals surface area (Å²) in [5.41, 5.74) is 1.14. The summed E-state index contributed by atoms with van der Waals surface area (Å²) < 4.78 is 0. The maximum absolute atomic E-state index is 11.2. The summed E-state index contributed by atoms with van der Waals surface area (Å²) in [5.74, 6) is 0.156. The Labute approximate surface area is 84.3 Å². The van der Waals surface area contributed by atoms with Crippen molar-refractivity contribution in [1.29, 1.82) is 0 Å². The number of amides is 1. The fourth-order valence-corrected chi connectivity index (χ4v) is 1.12. The van der Waals surface area contributed by atoms with Crippen molar-refractivity contribution in [3.63, 3.8) is 0 Å². The number of H-pyrrole nitrogens is 1. The molecule has 1 amide bonds. The topological polar surface area (TPSA) is 48.1 Å². The van der Waals surface area contributed by atoms with Gasteiger partial charge >= 0.3 is 0 Å². The van der Waals surface area contributed by atoms with Crippen LogP contribution in [0.3, 0.4) is 0 Å². The largest absolute Gasteiger partial charge is 0.364 e. The van der Waals surface area contributed by atoms with Gasteiger partial charge < -0.3 is 15.2 Å². The van der Waals surface area contributed by atoms with Crippen molar-refractivity contribution in [2.45, 2.75) is 13.0 Å². The van der Waals surface area contributed by atoms with E-state index < -0.39 is 0 Å². The first-order valence-electron chi connectivity index (χ1n) is 4.73. The first kappa shape index (κ1) is 10.8. The summed E-state index contributed by atoms with van der Waals surface area (Å²) in [6.07, 6.45) is 2.44. The molecule has 14 heavy (non-hydrogen) atoms. The molecule has 0 saturated heterocycles. The van der Waals surface area contributed by atoms with E-state index in [1.165, 1.54) is 0 Å². The van der Waals surface area contributed by atoms with E-state index in [9.17, 15) is 4.79 Å². The van der Waals surface area contributed by atoms with Crippen molar-refractivity contribution < 1.29 is 4.79 Å². The van der Waals surface area contributed by atoms with Crippen LogP contribution in [0.2, 0.25) is 0 Å². The highest BCUT2D eigenvalue weighted by Gasteiger charge is 2.02. The maximum atomic E-state index is 11.2. The van der Waals surface area contributed by atoms with Crippen LogP contribution in [0.5, 0.6) is 0 Å². The van der Waals surface area contributed by atoms with Gasteiger partial charge in [0.2, 0.25) is 5.91 Å². The number of nitrogens with one attached hydrogen (secondary N) is 2. The monoisotopic (exact) mass is 195 g/mol. The van der Waals surface area contributed by atoms with E-state index in [1.54, 1.807) is 19.0 Å². The molecule has 0 unspecified atom stereocenters. The van der Waals surface area contributed by atoms with Gasteiger partial charge in [-0.3, -0.25) is 4.79 Å². The van der Waals surface area contributed by atoms with Crippen molar-refractivity contribution in [3.05, 3.63) is 24.0 Å². The summed E-state index contributed by atoms with van der Waals surface area (Å²) in [4.78, 5) is 15.9. The molecule has 1 aromatic rings. The summed E-state index contributed by atoms with van der Waals surface area (Å²) >= 11 is 0. The van der Waals surface area contributed by atoms with Crippen LogP contribution in [0.25, 0.3) is 0 Å². The van der Waals surface area contributed by atoms with Crippen molar-refractivity contribution in [1.82, 2.24) is 15.2 Å². The molecule has 0 bridgehead atoms. The second-order valence-corrected chi connectivity index (χ2v) is 3.41. The molecule has 4 nitrogen and oxygen atoms in total. The van der Waals surface area contributed by atoms with Gasteiger partial charge in [0.05, 0.1) is 0 Å². The number of nitrogens with zero attached hydrogens (tertiary/aromatic N) is 1. The molecule has 0 fully saturated rings. The van der Waals surface area contributed by atoms with E-state index >= 15 is 0 Å². The molecule has 0 saturated carbocycles. The standard InChI is InChI=1S/C10H17N3O/c1-13(2)10(14)5-7-11-8-9-4-3-6-12-9/h3-4,6,11-12H,5,7-8H2,1-2H3. The normalized spacial score (nSPS) is 10.1. The van der Waals surface area contributed by atoms with Crippen LogP contribution in [0.4, 0.5) is 0 Å². The van der Waals surface area contributed by atoms with E-state index in [4.69, 9.17) is 0 Å². The fraction of sp³-hybridized carbons (Fsp3) is 0.500. The van der Waals surface area contributed by atoms with E-state index in [0.29, 0.717) is 6.42 Å². The molecule has 0 atom stereocenters. The molecule has 0 radical (unpaired) electrons. The molecule has 1 rings (SSSR count). The third-order valence-electron chi connectivity index (χ3n) is 1.99. The Hall–Kier alpha value is -1.29. The average Bonchev–Trinajstić information content (AvgIpc) is 2.64. The van der Waals surface area contributed by atoms with Gasteiger partial charge in [-0.2, -0.15) is 0 Å². The van der Waals surface area contributed by atoms with Crippen LogP contribution in [-0.2, 0) is 11.3 Å². The Morgan fingerprint density at radius 1 is 1.57 bits per heavy atom. The highest BCUT2D eigenvalue weighted by molar-refractivity contribution is 5.75. The van der Waals surface area contributed by atoms with Crippen LogP contribution in [-0.4, -0.2) is 36.4 Å². The average molecular weight is 195 g/mol. The van der Waals surface area contributed by atoms with E-state index in [2.05, 4.69) is 10.3 Å². The third-order valence-corrected chi connectivity index (χ3v) is 1.99. The number of carbonyl (C=O) groups is 1. The summed E-state index contributed by atoms with van der Waals surface area (Å²) in [5, 5.41) is 3.19. The Kier molecular flexibility index (Phi) is 4.19. The molecule has 0 aliphatic heterocycles. The van der Waals surface area contributed by atoms with Gasteiger partial charge in [0, 0.05) is 45.5 Å². The highest BCUT2D eigenvalue weighted by Crippen LogP contribution is 1.93. The zero-order valence-corrected chi connectivity index (χ0v) is 8.71. The zero-order valence-electron chi connectivity index (χ0n) is 8.71. The molecule has 0 aliphatic rings. The predicted molar refractivity (Wildman–Crippen MR) is 55.8 cm³/mol. The summed E-state index contributed by atoms with van der Waals surface area (Å²) in [7, 11) is 3.54. The lowest BCUT2D eigenvalue weighted by atomic mass is 10.3. The van der Waals surface area contributed by atoms with Gasteiger partial charge in [-0.1, -0.05) is 0 Å². The Bertz CT molecular complexity index is 267. The molecule has 0 aliphatic carbocycles. The number of hydrogen-bond donors (Lipinski definition) is 2. The van der Waals surface area contributed by atoms with Crippen molar-refractivity contribution >= 4 is 5.91 Å². The molecule has 0 spiro atoms. The van der Waals surface area contributed by atoms with Gasteiger partial charge in [-0.25, -0.2) is 0 Å². The molecular weight excluding hydrogens is 178 g/mol. The quantitative estimate of drug-likeness (QED) is 0.675. The van der Waals surface area contributed by atoms with E-state index in [-0.39, 0.29) is 5.91 Å². The van der Waals surface area contributed by atoms with Crippen LogP contribution < -0.4 is 5.32 Å². The van der Waals surface area contributed by atoms with Gasteiger partial charge in [0.1, 0.15) is 0 Å². The van der Waals surface area contributed by atoms with Crippen LogP contribution >= 0.6 is 0 Å². The van der Waals surface area contributed by atoms with Gasteiger partial charge in [0.25, 0.3) is 0 Å². The lowest BCUT2D eigenvalue weighted by Gasteiger charge is -2.09. The summed E-state index contributed by atoms with van der Waals surface area (Å²) in [6, 6.07) is 3.97. The summed E-state index contributed by atoms with van der Waals surface area (Å²) in [6.45, 7) is 1.50. The highest BCUT2D eigenvalue weighted by atomic mass is 16.2. The van der Waals surface area contributed by atoms with Crippen molar-refractivity contribution in [2.75, 3.05) is 20.6 Å². The molecule has 2 N–H and O–H groups in total. The van der Waals surface area contributed by atoms with Crippen molar-refractivity contribution in [2.24, 2.45) is 0 Å². The smallest absolute Gasteiger partial charge is 0.223 e. The minimum Gasteiger partial charge on any atom is -0.364 e. The Morgan fingerprint density at radius 2 is 2.36 bits per heavy atom. The number of aromatic amines is 1. The van der Waals surface area contributed by atoms with Crippen molar-refractivity contribution in [3.8, 4) is 0 Å². The maximum Gasteiger partial charge on any atom is 0.223 e. The van der Waals surface area contributed by atoms with Gasteiger partial charge in [-0.15, -0.1) is 0 Å². The molecule has 78 valence electrons. The van der Waals surface area contributed by atoms with Crippen LogP contribution in [0, 0.1) is 0 Å². The van der Waals surface area contributed by atoms with E-state index in [0.717, 1.165) is 18.8 Å². The lowest BCUT2D eigenvalue weighted by Crippen LogP contribution is -2.26. The lowest BCUT2D eigenvalue weighted by molar-refractivity contribution is -0.128. The number of rotatable bonds is 5. The molecule has 4 heteroatoms.